The van der Waals surface area contributed by atoms with Crippen LogP contribution in [0, 0.1) is 28.6 Å². The third kappa shape index (κ3) is 3.49. The van der Waals surface area contributed by atoms with Crippen molar-refractivity contribution in [3.8, 4) is 12.1 Å². The Morgan fingerprint density at radius 1 is 1.20 bits per heavy atom. The molecule has 102 valence electrons. The summed E-state index contributed by atoms with van der Waals surface area (Å²) >= 11 is 0. The van der Waals surface area contributed by atoms with Crippen molar-refractivity contribution in [2.24, 2.45) is 11.0 Å². The summed E-state index contributed by atoms with van der Waals surface area (Å²) in [5.41, 5.74) is 4.49. The molecule has 1 aliphatic rings. The van der Waals surface area contributed by atoms with Gasteiger partial charge in [0.1, 0.15) is 12.1 Å². The summed E-state index contributed by atoms with van der Waals surface area (Å²) < 4.78 is 0. The van der Waals surface area contributed by atoms with Crippen LogP contribution in [0.5, 0.6) is 0 Å². The average Bonchev–Trinajstić information content (AvgIpc) is 2.50. The van der Waals surface area contributed by atoms with Crippen LogP contribution >= 0.6 is 0 Å². The highest BCUT2D eigenvalue weighted by Gasteiger charge is 2.15. The van der Waals surface area contributed by atoms with E-state index in [1.54, 1.807) is 12.1 Å². The summed E-state index contributed by atoms with van der Waals surface area (Å²) in [6.45, 7) is 4.49. The van der Waals surface area contributed by atoms with E-state index >= 15 is 0 Å². The summed E-state index contributed by atoms with van der Waals surface area (Å²) in [6.07, 6.45) is 2.47. The van der Waals surface area contributed by atoms with Crippen molar-refractivity contribution in [1.29, 1.82) is 10.5 Å². The minimum Gasteiger partial charge on any atom is -0.372 e. The molecule has 1 fully saturated rings. The van der Waals surface area contributed by atoms with Gasteiger partial charge in [0.05, 0.1) is 5.69 Å². The second-order valence-corrected chi connectivity index (χ2v) is 5.01. The molecular formula is C15H17N5. The highest BCUT2D eigenvalue weighted by atomic mass is 15.3. The normalized spacial score (nSPS) is 15.1. The Kier molecular flexibility index (Phi) is 4.57. The summed E-state index contributed by atoms with van der Waals surface area (Å²) in [4.78, 5) is 2.38. The van der Waals surface area contributed by atoms with Crippen LogP contribution in [0.1, 0.15) is 19.8 Å². The average molecular weight is 267 g/mol. The zero-order valence-electron chi connectivity index (χ0n) is 11.5. The van der Waals surface area contributed by atoms with E-state index in [9.17, 15) is 0 Å². The van der Waals surface area contributed by atoms with Crippen molar-refractivity contribution in [2.45, 2.75) is 19.8 Å². The predicted molar refractivity (Wildman–Crippen MR) is 79.3 cm³/mol. The smallest absolute Gasteiger partial charge is 0.237 e. The van der Waals surface area contributed by atoms with Crippen molar-refractivity contribution >= 4 is 17.1 Å². The van der Waals surface area contributed by atoms with Crippen molar-refractivity contribution in [1.82, 2.24) is 0 Å². The predicted octanol–water partition coefficient (Wildman–Crippen LogP) is 2.74. The van der Waals surface area contributed by atoms with Gasteiger partial charge in [0.15, 0.2) is 0 Å². The third-order valence-corrected chi connectivity index (χ3v) is 3.52. The topological polar surface area (TPSA) is 75.2 Å². The Bertz CT molecular complexity index is 537. The zero-order chi connectivity index (χ0) is 14.4. The number of nitrogens with one attached hydrogen (secondary N) is 1. The molecule has 1 saturated heterocycles. The quantitative estimate of drug-likeness (QED) is 0.675. The minimum atomic E-state index is -0.181. The molecule has 1 aliphatic heterocycles. The van der Waals surface area contributed by atoms with E-state index in [4.69, 9.17) is 10.5 Å². The van der Waals surface area contributed by atoms with Crippen LogP contribution in [0.15, 0.2) is 29.4 Å². The first kappa shape index (κ1) is 13.9. The number of nitriles is 2. The van der Waals surface area contributed by atoms with Gasteiger partial charge in [0.2, 0.25) is 5.71 Å². The Morgan fingerprint density at radius 2 is 1.80 bits per heavy atom. The first-order valence-electron chi connectivity index (χ1n) is 6.72. The lowest BCUT2D eigenvalue weighted by atomic mass is 9.99. The molecule has 0 unspecified atom stereocenters. The van der Waals surface area contributed by atoms with Gasteiger partial charge in [-0.05, 0) is 43.0 Å². The monoisotopic (exact) mass is 267 g/mol. The largest absolute Gasteiger partial charge is 0.372 e. The van der Waals surface area contributed by atoms with Gasteiger partial charge in [-0.2, -0.15) is 15.6 Å². The van der Waals surface area contributed by atoms with E-state index in [0.29, 0.717) is 0 Å². The molecule has 0 radical (unpaired) electrons. The van der Waals surface area contributed by atoms with Gasteiger partial charge in [0, 0.05) is 18.8 Å². The Labute approximate surface area is 119 Å². The zero-order valence-corrected chi connectivity index (χ0v) is 11.5. The molecule has 5 heteroatoms. The van der Waals surface area contributed by atoms with E-state index in [2.05, 4.69) is 22.4 Å². The maximum atomic E-state index is 8.59. The lowest BCUT2D eigenvalue weighted by Crippen LogP contribution is -2.32. The number of hydrazone groups is 1. The van der Waals surface area contributed by atoms with Crippen LogP contribution in [0.25, 0.3) is 0 Å². The molecule has 2 rings (SSSR count). The molecule has 1 aromatic rings. The number of benzene rings is 1. The third-order valence-electron chi connectivity index (χ3n) is 3.52. The maximum Gasteiger partial charge on any atom is 0.237 e. The molecule has 0 aliphatic carbocycles. The highest BCUT2D eigenvalue weighted by molar-refractivity contribution is 6.10. The summed E-state index contributed by atoms with van der Waals surface area (Å²) in [5, 5.41) is 20.9. The van der Waals surface area contributed by atoms with Crippen LogP contribution in [-0.2, 0) is 0 Å². The number of anilines is 2. The van der Waals surface area contributed by atoms with Gasteiger partial charge >= 0.3 is 0 Å². The van der Waals surface area contributed by atoms with Crippen molar-refractivity contribution in [3.05, 3.63) is 24.3 Å². The van der Waals surface area contributed by atoms with Gasteiger partial charge in [0.25, 0.3) is 0 Å². The minimum absolute atomic E-state index is 0.181. The summed E-state index contributed by atoms with van der Waals surface area (Å²) in [5.74, 6) is 0.817. The fraction of sp³-hybridized carbons (Fsp3) is 0.400. The van der Waals surface area contributed by atoms with Crippen molar-refractivity contribution < 1.29 is 0 Å². The fourth-order valence-electron chi connectivity index (χ4n) is 2.21. The lowest BCUT2D eigenvalue weighted by molar-refractivity contribution is 0.438. The highest BCUT2D eigenvalue weighted by Crippen LogP contribution is 2.24. The molecule has 0 atom stereocenters. The number of rotatable bonds is 3. The maximum absolute atomic E-state index is 8.59. The van der Waals surface area contributed by atoms with E-state index in [-0.39, 0.29) is 5.71 Å². The van der Waals surface area contributed by atoms with Gasteiger partial charge in [-0.1, -0.05) is 6.92 Å². The molecule has 1 N–H and O–H groups in total. The second kappa shape index (κ2) is 6.58. The second-order valence-electron chi connectivity index (χ2n) is 5.01. The molecule has 0 aromatic heterocycles. The van der Waals surface area contributed by atoms with Crippen LogP contribution in [0.4, 0.5) is 11.4 Å². The Morgan fingerprint density at radius 3 is 2.35 bits per heavy atom. The van der Waals surface area contributed by atoms with E-state index in [1.165, 1.54) is 18.5 Å². The number of hydrogen-bond donors (Lipinski definition) is 1. The van der Waals surface area contributed by atoms with Gasteiger partial charge < -0.3 is 4.90 Å². The summed E-state index contributed by atoms with van der Waals surface area (Å²) in [6, 6.07) is 11.3. The van der Waals surface area contributed by atoms with E-state index < -0.39 is 0 Å². The Balaban J connectivity index is 1.99. The van der Waals surface area contributed by atoms with Crippen molar-refractivity contribution in [3.63, 3.8) is 0 Å². The van der Waals surface area contributed by atoms with Crippen LogP contribution < -0.4 is 10.3 Å². The molecule has 5 nitrogen and oxygen atoms in total. The van der Waals surface area contributed by atoms with E-state index in [1.807, 2.05) is 24.3 Å². The molecule has 0 saturated carbocycles. The van der Waals surface area contributed by atoms with Crippen LogP contribution in [-0.4, -0.2) is 18.8 Å². The standard InChI is InChI=1S/C15H17N5/c1-12-6-8-20(9-7-12)15-4-2-13(3-5-15)18-19-14(10-16)11-17/h2-5,12,18H,6-9H2,1H3. The van der Waals surface area contributed by atoms with Gasteiger partial charge in [-0.25, -0.2) is 0 Å². The van der Waals surface area contributed by atoms with Crippen LogP contribution in [0.2, 0.25) is 0 Å². The first-order valence-corrected chi connectivity index (χ1v) is 6.72. The van der Waals surface area contributed by atoms with Crippen molar-refractivity contribution in [2.75, 3.05) is 23.4 Å². The molecule has 1 aromatic carbocycles. The number of nitrogens with zero attached hydrogens (tertiary/aromatic N) is 4. The van der Waals surface area contributed by atoms with Crippen LogP contribution in [0.3, 0.4) is 0 Å². The number of hydrogen-bond acceptors (Lipinski definition) is 5. The lowest BCUT2D eigenvalue weighted by Gasteiger charge is -2.32. The molecule has 20 heavy (non-hydrogen) atoms. The Hall–Kier alpha value is -2.53. The fourth-order valence-corrected chi connectivity index (χ4v) is 2.21. The summed E-state index contributed by atoms with van der Waals surface area (Å²) in [7, 11) is 0. The van der Waals surface area contributed by atoms with E-state index in [0.717, 1.165) is 24.7 Å². The first-order chi connectivity index (χ1) is 9.72. The SMILES string of the molecule is CC1CCN(c2ccc(NN=C(C#N)C#N)cc2)CC1. The van der Waals surface area contributed by atoms with Gasteiger partial charge in [-0.15, -0.1) is 0 Å². The molecule has 1 heterocycles. The van der Waals surface area contributed by atoms with Gasteiger partial charge in [-0.3, -0.25) is 5.43 Å². The molecule has 0 bridgehead atoms. The number of piperidine rings is 1. The molecular weight excluding hydrogens is 250 g/mol. The molecule has 0 amide bonds. The molecule has 0 spiro atoms.